The van der Waals surface area contributed by atoms with Gasteiger partial charge in [-0.1, -0.05) is 36.4 Å². The maximum Gasteiger partial charge on any atom is 0.243 e. The molecule has 0 unspecified atom stereocenters. The molecule has 1 aromatic heterocycles. The van der Waals surface area contributed by atoms with Crippen LogP contribution < -0.4 is 10.6 Å². The van der Waals surface area contributed by atoms with Gasteiger partial charge in [0.1, 0.15) is 0 Å². The predicted molar refractivity (Wildman–Crippen MR) is 104 cm³/mol. The number of fused-ring (bicyclic) bond motifs is 1. The number of aromatic nitrogens is 1. The van der Waals surface area contributed by atoms with Crippen molar-refractivity contribution in [1.82, 2.24) is 10.3 Å². The van der Waals surface area contributed by atoms with Crippen LogP contribution in [0.5, 0.6) is 0 Å². The zero-order chi connectivity index (χ0) is 18.7. The van der Waals surface area contributed by atoms with E-state index < -0.39 is 0 Å². The first-order valence-electron chi connectivity index (χ1n) is 8.64. The molecule has 3 N–H and O–H groups in total. The number of benzene rings is 2. The van der Waals surface area contributed by atoms with Crippen molar-refractivity contribution in [3.05, 3.63) is 64.8 Å². The number of aromatic amines is 1. The molecular formula is C21H23N3O2. The summed E-state index contributed by atoms with van der Waals surface area (Å²) in [7, 11) is 0. The van der Waals surface area contributed by atoms with Crippen LogP contribution in [0.1, 0.15) is 22.4 Å². The molecule has 0 saturated heterocycles. The van der Waals surface area contributed by atoms with Crippen molar-refractivity contribution in [3.8, 4) is 0 Å². The van der Waals surface area contributed by atoms with E-state index in [0.717, 1.165) is 39.0 Å². The molecule has 2 amide bonds. The summed E-state index contributed by atoms with van der Waals surface area (Å²) < 4.78 is 0. The highest BCUT2D eigenvalue weighted by atomic mass is 16.2. The lowest BCUT2D eigenvalue weighted by molar-refractivity contribution is -0.123. The number of anilines is 1. The van der Waals surface area contributed by atoms with Gasteiger partial charge in [0.15, 0.2) is 0 Å². The summed E-state index contributed by atoms with van der Waals surface area (Å²) in [6, 6.07) is 13.7. The first kappa shape index (κ1) is 17.7. The second kappa shape index (κ2) is 7.44. The molecule has 0 aliphatic carbocycles. The van der Waals surface area contributed by atoms with E-state index in [1.54, 1.807) is 0 Å². The van der Waals surface area contributed by atoms with Crippen LogP contribution in [0.15, 0.2) is 42.5 Å². The summed E-state index contributed by atoms with van der Waals surface area (Å²) in [5.41, 5.74) is 5.76. The molecule has 26 heavy (non-hydrogen) atoms. The molecule has 0 aliphatic rings. The molecule has 5 nitrogen and oxygen atoms in total. The van der Waals surface area contributed by atoms with Gasteiger partial charge in [-0.2, -0.15) is 0 Å². The molecule has 0 saturated carbocycles. The average molecular weight is 349 g/mol. The number of aryl methyl sites for hydroxylation is 3. The van der Waals surface area contributed by atoms with E-state index in [2.05, 4.69) is 15.6 Å². The van der Waals surface area contributed by atoms with Crippen LogP contribution >= 0.6 is 0 Å². The second-order valence-electron chi connectivity index (χ2n) is 6.54. The van der Waals surface area contributed by atoms with Crippen molar-refractivity contribution < 1.29 is 9.59 Å². The lowest BCUT2D eigenvalue weighted by Gasteiger charge is -2.12. The molecule has 0 fully saturated rings. The van der Waals surface area contributed by atoms with Gasteiger partial charge in [0, 0.05) is 22.3 Å². The minimum atomic E-state index is -0.230. The number of nitrogens with one attached hydrogen (secondary N) is 3. The fraction of sp³-hybridized carbons (Fsp3) is 0.238. The summed E-state index contributed by atoms with van der Waals surface area (Å²) in [5.74, 6) is -0.402. The van der Waals surface area contributed by atoms with Crippen molar-refractivity contribution in [3.63, 3.8) is 0 Å². The third-order valence-corrected chi connectivity index (χ3v) is 4.56. The molecule has 0 bridgehead atoms. The zero-order valence-electron chi connectivity index (χ0n) is 15.3. The first-order valence-corrected chi connectivity index (χ1v) is 8.64. The van der Waals surface area contributed by atoms with Gasteiger partial charge in [-0.15, -0.1) is 0 Å². The SMILES string of the molecule is Cc1cccc(C)c1NC(=O)CNC(=O)Cc1c(C)[nH]c2ccccc12. The molecule has 2 aromatic carbocycles. The quantitative estimate of drug-likeness (QED) is 0.660. The van der Waals surface area contributed by atoms with Gasteiger partial charge in [-0.3, -0.25) is 9.59 Å². The normalized spacial score (nSPS) is 10.7. The van der Waals surface area contributed by atoms with Crippen molar-refractivity contribution in [1.29, 1.82) is 0 Å². The minimum absolute atomic E-state index is 0.0476. The largest absolute Gasteiger partial charge is 0.358 e. The fourth-order valence-corrected chi connectivity index (χ4v) is 3.16. The Morgan fingerprint density at radius 1 is 0.923 bits per heavy atom. The summed E-state index contributed by atoms with van der Waals surface area (Å²) >= 11 is 0. The van der Waals surface area contributed by atoms with Crippen molar-refractivity contribution in [2.45, 2.75) is 27.2 Å². The highest BCUT2D eigenvalue weighted by Gasteiger charge is 2.13. The van der Waals surface area contributed by atoms with E-state index in [1.165, 1.54) is 0 Å². The number of carbonyl (C=O) groups excluding carboxylic acids is 2. The number of hydrogen-bond donors (Lipinski definition) is 3. The van der Waals surface area contributed by atoms with Crippen molar-refractivity contribution in [2.24, 2.45) is 0 Å². The van der Waals surface area contributed by atoms with E-state index in [4.69, 9.17) is 0 Å². The van der Waals surface area contributed by atoms with Crippen LogP contribution in [0.25, 0.3) is 10.9 Å². The van der Waals surface area contributed by atoms with Crippen LogP contribution in [0.4, 0.5) is 5.69 Å². The Bertz CT molecular complexity index is 952. The summed E-state index contributed by atoms with van der Waals surface area (Å²) in [4.78, 5) is 27.7. The van der Waals surface area contributed by atoms with E-state index in [1.807, 2.05) is 63.2 Å². The number of para-hydroxylation sites is 2. The van der Waals surface area contributed by atoms with Gasteiger partial charge in [0.2, 0.25) is 11.8 Å². The van der Waals surface area contributed by atoms with Gasteiger partial charge >= 0.3 is 0 Å². The standard InChI is InChI=1S/C21H23N3O2/c1-13-7-6-8-14(2)21(13)24-20(26)12-22-19(25)11-17-15(3)23-18-10-5-4-9-16(17)18/h4-10,23H,11-12H2,1-3H3,(H,22,25)(H,24,26). The molecule has 3 aromatic rings. The van der Waals surface area contributed by atoms with Crippen LogP contribution in [0, 0.1) is 20.8 Å². The van der Waals surface area contributed by atoms with Crippen LogP contribution in [0.3, 0.4) is 0 Å². The van der Waals surface area contributed by atoms with E-state index in [0.29, 0.717) is 0 Å². The monoisotopic (exact) mass is 349 g/mol. The topological polar surface area (TPSA) is 74.0 Å². The predicted octanol–water partition coefficient (Wildman–Crippen LogP) is 3.39. The smallest absolute Gasteiger partial charge is 0.243 e. The molecule has 0 aliphatic heterocycles. The Morgan fingerprint density at radius 2 is 1.62 bits per heavy atom. The highest BCUT2D eigenvalue weighted by molar-refractivity contribution is 5.96. The van der Waals surface area contributed by atoms with Gasteiger partial charge in [-0.25, -0.2) is 0 Å². The molecule has 134 valence electrons. The molecule has 5 heteroatoms. The molecule has 0 radical (unpaired) electrons. The first-order chi connectivity index (χ1) is 12.5. The Morgan fingerprint density at radius 3 is 2.35 bits per heavy atom. The summed E-state index contributed by atoms with van der Waals surface area (Å²) in [5, 5.41) is 6.62. The van der Waals surface area contributed by atoms with Crippen LogP contribution in [0.2, 0.25) is 0 Å². The van der Waals surface area contributed by atoms with E-state index in [-0.39, 0.29) is 24.8 Å². The number of H-pyrrole nitrogens is 1. The van der Waals surface area contributed by atoms with Gasteiger partial charge in [0.05, 0.1) is 13.0 Å². The maximum atomic E-state index is 12.3. The van der Waals surface area contributed by atoms with Crippen molar-refractivity contribution >= 4 is 28.4 Å². The maximum absolute atomic E-state index is 12.3. The zero-order valence-corrected chi connectivity index (χ0v) is 15.3. The Balaban J connectivity index is 1.60. The molecule has 0 spiro atoms. The van der Waals surface area contributed by atoms with Gasteiger partial charge in [0.25, 0.3) is 0 Å². The molecular weight excluding hydrogens is 326 g/mol. The van der Waals surface area contributed by atoms with Gasteiger partial charge in [-0.05, 0) is 43.5 Å². The lowest BCUT2D eigenvalue weighted by atomic mass is 10.1. The molecule has 0 atom stereocenters. The Hall–Kier alpha value is -3.08. The highest BCUT2D eigenvalue weighted by Crippen LogP contribution is 2.22. The third kappa shape index (κ3) is 3.77. The van der Waals surface area contributed by atoms with Crippen LogP contribution in [-0.2, 0) is 16.0 Å². The number of rotatable bonds is 5. The second-order valence-corrected chi connectivity index (χ2v) is 6.54. The lowest BCUT2D eigenvalue weighted by Crippen LogP contribution is -2.34. The summed E-state index contributed by atoms with van der Waals surface area (Å²) in [6.45, 7) is 5.80. The molecule has 3 rings (SSSR count). The van der Waals surface area contributed by atoms with E-state index in [9.17, 15) is 9.59 Å². The summed E-state index contributed by atoms with van der Waals surface area (Å²) in [6.07, 6.45) is 0.243. The van der Waals surface area contributed by atoms with Crippen molar-refractivity contribution in [2.75, 3.05) is 11.9 Å². The van der Waals surface area contributed by atoms with E-state index >= 15 is 0 Å². The minimum Gasteiger partial charge on any atom is -0.358 e. The molecule has 1 heterocycles. The Kier molecular flexibility index (Phi) is 5.07. The third-order valence-electron chi connectivity index (χ3n) is 4.56. The fourth-order valence-electron chi connectivity index (χ4n) is 3.16. The number of amides is 2. The number of hydrogen-bond acceptors (Lipinski definition) is 2. The Labute approximate surface area is 152 Å². The van der Waals surface area contributed by atoms with Gasteiger partial charge < -0.3 is 15.6 Å². The number of carbonyl (C=O) groups is 2. The average Bonchev–Trinajstić information content (AvgIpc) is 2.92. The van der Waals surface area contributed by atoms with Crippen LogP contribution in [-0.4, -0.2) is 23.3 Å².